The van der Waals surface area contributed by atoms with Crippen LogP contribution in [-0.4, -0.2) is 51.5 Å². The quantitative estimate of drug-likeness (QED) is 0.254. The first-order chi connectivity index (χ1) is 21.9. The van der Waals surface area contributed by atoms with Gasteiger partial charge in [0.05, 0.1) is 47.8 Å². The van der Waals surface area contributed by atoms with Gasteiger partial charge in [-0.1, -0.05) is 6.92 Å². The van der Waals surface area contributed by atoms with Crippen LogP contribution in [0.25, 0.3) is 0 Å². The van der Waals surface area contributed by atoms with Gasteiger partial charge < -0.3 is 25.3 Å². The highest BCUT2D eigenvalue weighted by Crippen LogP contribution is 2.45. The Balaban J connectivity index is 1.94. The molecule has 1 aliphatic rings. The van der Waals surface area contributed by atoms with Crippen molar-refractivity contribution in [2.24, 2.45) is 5.73 Å². The number of nitrogens with two attached hydrogens (primary N) is 1. The highest BCUT2D eigenvalue weighted by atomic mass is 19.4. The molecule has 0 fully saturated rings. The number of pyridine rings is 1. The number of nitrogens with one attached hydrogen (secondary N) is 1. The van der Waals surface area contributed by atoms with Crippen LogP contribution in [0.4, 0.5) is 36.8 Å². The first kappa shape index (κ1) is 35.2. The number of nitrogens with zero attached hydrogens (tertiary/aromatic N) is 3. The molecule has 2 atom stereocenters. The number of methoxy groups -OCH3 is 1. The average molecular weight is 672 g/mol. The van der Waals surface area contributed by atoms with Gasteiger partial charge in [0, 0.05) is 24.5 Å². The van der Waals surface area contributed by atoms with Crippen LogP contribution in [0, 0.1) is 0 Å². The molecule has 3 aromatic rings. The number of rotatable bonds is 9. The van der Waals surface area contributed by atoms with E-state index in [2.05, 4.69) is 15.0 Å². The summed E-state index contributed by atoms with van der Waals surface area (Å²) >= 11 is 0. The second-order valence-corrected chi connectivity index (χ2v) is 10.9. The highest BCUT2D eigenvalue weighted by molar-refractivity contribution is 5.91. The van der Waals surface area contributed by atoms with Crippen molar-refractivity contribution in [2.45, 2.75) is 69.9 Å². The number of H-pyrrole nitrogens is 1. The van der Waals surface area contributed by atoms with Crippen LogP contribution in [0.1, 0.15) is 78.5 Å². The van der Waals surface area contributed by atoms with Crippen LogP contribution in [0.15, 0.2) is 35.1 Å². The SMILES string of the molecule is CCOC(=O)N1c2ccc(OC)nc2[C@@H](c2nc(Cc3cc(C(F)(F)F)cc(C(F)(F)F)c3)c(CCC(=O)O)c(=O)[nH]2)C[C@@]1(N)CC. The van der Waals surface area contributed by atoms with Gasteiger partial charge in [-0.15, -0.1) is 0 Å². The molecule has 0 aliphatic carbocycles. The van der Waals surface area contributed by atoms with E-state index in [1.807, 2.05) is 0 Å². The number of amides is 1. The number of carbonyl (C=O) groups excluding carboxylic acids is 1. The lowest BCUT2D eigenvalue weighted by Crippen LogP contribution is -2.62. The van der Waals surface area contributed by atoms with E-state index in [0.717, 1.165) is 0 Å². The number of aromatic nitrogens is 3. The fourth-order valence-electron chi connectivity index (χ4n) is 5.47. The number of carboxylic acids is 1. The molecule has 0 unspecified atom stereocenters. The van der Waals surface area contributed by atoms with Gasteiger partial charge in [-0.25, -0.2) is 14.8 Å². The Morgan fingerprint density at radius 3 is 2.26 bits per heavy atom. The van der Waals surface area contributed by atoms with Crippen LogP contribution in [0.5, 0.6) is 5.88 Å². The van der Waals surface area contributed by atoms with E-state index >= 15 is 0 Å². The summed E-state index contributed by atoms with van der Waals surface area (Å²) in [5, 5.41) is 9.25. The Labute approximate surface area is 263 Å². The van der Waals surface area contributed by atoms with Crippen LogP contribution in [-0.2, 0) is 34.7 Å². The lowest BCUT2D eigenvalue weighted by Gasteiger charge is -2.46. The van der Waals surface area contributed by atoms with E-state index in [4.69, 9.17) is 15.2 Å². The summed E-state index contributed by atoms with van der Waals surface area (Å²) in [6, 6.07) is 3.97. The maximum absolute atomic E-state index is 13.6. The minimum absolute atomic E-state index is 0.0234. The van der Waals surface area contributed by atoms with Crippen molar-refractivity contribution >= 4 is 17.7 Å². The number of halogens is 6. The fourth-order valence-corrected chi connectivity index (χ4v) is 5.47. The standard InChI is InChI=1S/C30H31F6N5O6/c1-4-28(37)14-19(24-21(7-8-22(39-24)46-3)41(28)27(45)47-5-2)25-38-20(18(26(44)40-25)6-9-23(42)43)12-15-10-16(29(31,32)33)13-17(11-15)30(34,35)36/h7-8,10-11,13,19H,4-6,9,12,14,37H2,1-3H3,(H,42,43)(H,38,40,44)/t19-,28+/m0/s1. The molecule has 254 valence electrons. The molecule has 47 heavy (non-hydrogen) atoms. The molecule has 0 radical (unpaired) electrons. The Kier molecular flexibility index (Phi) is 9.89. The lowest BCUT2D eigenvalue weighted by atomic mass is 9.83. The van der Waals surface area contributed by atoms with Crippen LogP contribution in [0.2, 0.25) is 0 Å². The van der Waals surface area contributed by atoms with E-state index in [0.29, 0.717) is 12.1 Å². The number of aliphatic carboxylic acids is 1. The molecular formula is C30H31F6N5O6. The number of aromatic amines is 1. The molecule has 4 N–H and O–H groups in total. The normalized spacial score (nSPS) is 18.1. The Bertz CT molecular complexity index is 1690. The number of hydrogen-bond donors (Lipinski definition) is 3. The van der Waals surface area contributed by atoms with Crippen molar-refractivity contribution < 1.29 is 50.5 Å². The largest absolute Gasteiger partial charge is 0.481 e. The summed E-state index contributed by atoms with van der Waals surface area (Å²) in [5.74, 6) is -2.27. The second kappa shape index (κ2) is 13.2. The average Bonchev–Trinajstić information content (AvgIpc) is 2.98. The number of fused-ring (bicyclic) bond motifs is 1. The summed E-state index contributed by atoms with van der Waals surface area (Å²) in [4.78, 5) is 50.7. The zero-order chi connectivity index (χ0) is 34.9. The number of anilines is 1. The molecule has 2 aromatic heterocycles. The fraction of sp³-hybridized carbons (Fsp3) is 0.433. The molecule has 11 nitrogen and oxygen atoms in total. The number of ether oxygens (including phenoxy) is 2. The lowest BCUT2D eigenvalue weighted by molar-refractivity contribution is -0.143. The van der Waals surface area contributed by atoms with Crippen LogP contribution >= 0.6 is 0 Å². The van der Waals surface area contributed by atoms with Crippen LogP contribution < -0.4 is 20.9 Å². The van der Waals surface area contributed by atoms with Crippen molar-refractivity contribution in [2.75, 3.05) is 18.6 Å². The summed E-state index contributed by atoms with van der Waals surface area (Å²) in [7, 11) is 1.34. The molecule has 1 aromatic carbocycles. The molecule has 0 spiro atoms. The van der Waals surface area contributed by atoms with Crippen molar-refractivity contribution in [1.82, 2.24) is 15.0 Å². The predicted molar refractivity (Wildman–Crippen MR) is 154 cm³/mol. The van der Waals surface area contributed by atoms with Crippen LogP contribution in [0.3, 0.4) is 0 Å². The third-order valence-corrected chi connectivity index (χ3v) is 7.78. The number of hydrogen-bond acceptors (Lipinski definition) is 8. The predicted octanol–water partition coefficient (Wildman–Crippen LogP) is 5.38. The molecule has 1 aliphatic heterocycles. The van der Waals surface area contributed by atoms with Crippen molar-refractivity contribution in [1.29, 1.82) is 0 Å². The van der Waals surface area contributed by atoms with Crippen molar-refractivity contribution in [3.8, 4) is 5.88 Å². The maximum Gasteiger partial charge on any atom is 0.416 e. The molecule has 3 heterocycles. The third kappa shape index (κ3) is 7.50. The molecule has 0 saturated carbocycles. The summed E-state index contributed by atoms with van der Waals surface area (Å²) < 4.78 is 92.2. The molecule has 17 heteroatoms. The molecular weight excluding hydrogens is 640 g/mol. The second-order valence-electron chi connectivity index (χ2n) is 10.9. The zero-order valence-electron chi connectivity index (χ0n) is 25.4. The van der Waals surface area contributed by atoms with Gasteiger partial charge in [0.2, 0.25) is 5.88 Å². The van der Waals surface area contributed by atoms with Gasteiger partial charge in [0.15, 0.2) is 0 Å². The Hall–Kier alpha value is -4.67. The number of carboxylic acid groups (broad SMARTS) is 1. The summed E-state index contributed by atoms with van der Waals surface area (Å²) in [5.41, 5.74) is 0.743. The van der Waals surface area contributed by atoms with Gasteiger partial charge in [-0.2, -0.15) is 26.3 Å². The van der Waals surface area contributed by atoms with Gasteiger partial charge in [-0.05, 0) is 56.0 Å². The Morgan fingerprint density at radius 1 is 1.09 bits per heavy atom. The summed E-state index contributed by atoms with van der Waals surface area (Å²) in [6.07, 6.45) is -12.6. The van der Waals surface area contributed by atoms with E-state index in [1.54, 1.807) is 13.8 Å². The van der Waals surface area contributed by atoms with Gasteiger partial charge >= 0.3 is 24.4 Å². The van der Waals surface area contributed by atoms with Gasteiger partial charge in [0.1, 0.15) is 11.5 Å². The van der Waals surface area contributed by atoms with Crippen molar-refractivity contribution in [3.05, 3.63) is 80.2 Å². The minimum atomic E-state index is -5.12. The molecule has 4 rings (SSSR count). The number of alkyl halides is 6. The smallest absolute Gasteiger partial charge is 0.416 e. The van der Waals surface area contributed by atoms with Gasteiger partial charge in [0.25, 0.3) is 5.56 Å². The maximum atomic E-state index is 13.6. The Morgan fingerprint density at radius 2 is 1.72 bits per heavy atom. The minimum Gasteiger partial charge on any atom is -0.481 e. The van der Waals surface area contributed by atoms with E-state index in [1.165, 1.54) is 24.1 Å². The van der Waals surface area contributed by atoms with E-state index < -0.39 is 77.5 Å². The number of carbonyl (C=O) groups is 2. The first-order valence-electron chi connectivity index (χ1n) is 14.3. The van der Waals surface area contributed by atoms with E-state index in [-0.39, 0.29) is 59.9 Å². The monoisotopic (exact) mass is 671 g/mol. The molecule has 0 saturated heterocycles. The zero-order valence-corrected chi connectivity index (χ0v) is 25.4. The van der Waals surface area contributed by atoms with Gasteiger partial charge in [-0.3, -0.25) is 14.5 Å². The topological polar surface area (TPSA) is 161 Å². The first-order valence-corrected chi connectivity index (χ1v) is 14.3. The van der Waals surface area contributed by atoms with E-state index in [9.17, 15) is 45.8 Å². The number of benzene rings is 1. The molecule has 1 amide bonds. The third-order valence-electron chi connectivity index (χ3n) is 7.78. The highest BCUT2D eigenvalue weighted by Gasteiger charge is 2.47. The van der Waals surface area contributed by atoms with Crippen molar-refractivity contribution in [3.63, 3.8) is 0 Å². The summed E-state index contributed by atoms with van der Waals surface area (Å²) in [6.45, 7) is 3.33. The molecule has 0 bridgehead atoms.